The number of nitrogens with zero attached hydrogens (tertiary/aromatic N) is 1. The Morgan fingerprint density at radius 3 is 2.36 bits per heavy atom. The van der Waals surface area contributed by atoms with Crippen molar-refractivity contribution >= 4 is 5.91 Å². The molecule has 1 atom stereocenters. The highest BCUT2D eigenvalue weighted by Crippen LogP contribution is 2.37. The minimum Gasteiger partial charge on any atom is -0.493 e. The highest BCUT2D eigenvalue weighted by molar-refractivity contribution is 5.95. The van der Waals surface area contributed by atoms with E-state index in [2.05, 4.69) is 19.1 Å². The maximum atomic E-state index is 13.2. The van der Waals surface area contributed by atoms with Gasteiger partial charge in [0.1, 0.15) is 0 Å². The molecule has 1 aliphatic carbocycles. The molecule has 1 aliphatic rings. The highest BCUT2D eigenvalue weighted by Gasteiger charge is 2.34. The molecule has 25 heavy (non-hydrogen) atoms. The van der Waals surface area contributed by atoms with Crippen LogP contribution in [-0.4, -0.2) is 31.1 Å². The van der Waals surface area contributed by atoms with Crippen LogP contribution < -0.4 is 9.47 Å². The van der Waals surface area contributed by atoms with Gasteiger partial charge in [-0.1, -0.05) is 30.3 Å². The van der Waals surface area contributed by atoms with Crippen LogP contribution in [0.3, 0.4) is 0 Å². The van der Waals surface area contributed by atoms with Gasteiger partial charge in [0.15, 0.2) is 11.5 Å². The maximum Gasteiger partial charge on any atom is 0.254 e. The minimum absolute atomic E-state index is 0.0317. The Morgan fingerprint density at radius 2 is 1.76 bits per heavy atom. The van der Waals surface area contributed by atoms with Gasteiger partial charge in [-0.15, -0.1) is 0 Å². The van der Waals surface area contributed by atoms with Crippen molar-refractivity contribution < 1.29 is 14.3 Å². The number of hydrogen-bond donors (Lipinski definition) is 0. The second-order valence-electron chi connectivity index (χ2n) is 6.57. The topological polar surface area (TPSA) is 38.8 Å². The van der Waals surface area contributed by atoms with Gasteiger partial charge in [-0.3, -0.25) is 4.79 Å². The predicted octanol–water partition coefficient (Wildman–Crippen LogP) is 4.14. The fraction of sp³-hybridized carbons (Fsp3) is 0.381. The summed E-state index contributed by atoms with van der Waals surface area (Å²) in [5.74, 6) is 1.84. The van der Waals surface area contributed by atoms with Gasteiger partial charge < -0.3 is 14.4 Å². The van der Waals surface area contributed by atoms with Crippen molar-refractivity contribution in [3.63, 3.8) is 0 Å². The highest BCUT2D eigenvalue weighted by atomic mass is 16.5. The zero-order valence-corrected chi connectivity index (χ0v) is 15.1. The molecule has 0 aliphatic heterocycles. The third-order valence-corrected chi connectivity index (χ3v) is 4.88. The molecule has 0 spiro atoms. The fourth-order valence-corrected chi connectivity index (χ4v) is 3.15. The standard InChI is InChI=1S/C21H25NO3/c1-15(17-9-10-17)22(14-16-7-5-4-6-8-16)21(23)18-11-12-19(24-2)20(13-18)25-3/h4-8,11-13,15,17H,9-10,14H2,1-3H3. The van der Waals surface area contributed by atoms with E-state index in [4.69, 9.17) is 9.47 Å². The van der Waals surface area contributed by atoms with E-state index in [0.717, 1.165) is 5.56 Å². The molecule has 0 bridgehead atoms. The molecule has 0 saturated heterocycles. The number of methoxy groups -OCH3 is 2. The van der Waals surface area contributed by atoms with Gasteiger partial charge in [-0.2, -0.15) is 0 Å². The second kappa shape index (κ2) is 7.60. The van der Waals surface area contributed by atoms with E-state index in [1.54, 1.807) is 32.4 Å². The molecule has 4 heteroatoms. The van der Waals surface area contributed by atoms with Crippen molar-refractivity contribution in [1.82, 2.24) is 4.90 Å². The van der Waals surface area contributed by atoms with Crippen molar-refractivity contribution in [3.05, 3.63) is 59.7 Å². The van der Waals surface area contributed by atoms with E-state index in [1.807, 2.05) is 23.1 Å². The molecular weight excluding hydrogens is 314 g/mol. The molecule has 0 heterocycles. The van der Waals surface area contributed by atoms with Crippen LogP contribution in [0.25, 0.3) is 0 Å². The molecule has 1 fully saturated rings. The van der Waals surface area contributed by atoms with Crippen LogP contribution in [0.15, 0.2) is 48.5 Å². The number of carbonyl (C=O) groups excluding carboxylic acids is 1. The van der Waals surface area contributed by atoms with Crippen molar-refractivity contribution in [2.24, 2.45) is 5.92 Å². The van der Waals surface area contributed by atoms with Gasteiger partial charge in [0.2, 0.25) is 0 Å². The number of carbonyl (C=O) groups is 1. The first kappa shape index (κ1) is 17.3. The average molecular weight is 339 g/mol. The lowest BCUT2D eigenvalue weighted by molar-refractivity contribution is 0.0654. The average Bonchev–Trinajstić information content (AvgIpc) is 3.50. The Bertz CT molecular complexity index is 725. The summed E-state index contributed by atoms with van der Waals surface area (Å²) in [6.45, 7) is 2.77. The van der Waals surface area contributed by atoms with E-state index in [9.17, 15) is 4.79 Å². The summed E-state index contributed by atoms with van der Waals surface area (Å²) in [4.78, 5) is 15.2. The Kier molecular flexibility index (Phi) is 5.27. The monoisotopic (exact) mass is 339 g/mol. The summed E-state index contributed by atoms with van der Waals surface area (Å²) in [7, 11) is 3.18. The largest absolute Gasteiger partial charge is 0.493 e. The summed E-state index contributed by atoms with van der Waals surface area (Å²) in [6.07, 6.45) is 2.40. The van der Waals surface area contributed by atoms with Crippen LogP contribution in [-0.2, 0) is 6.54 Å². The molecule has 1 amide bonds. The lowest BCUT2D eigenvalue weighted by atomic mass is 10.1. The molecule has 4 nitrogen and oxygen atoms in total. The lowest BCUT2D eigenvalue weighted by Gasteiger charge is -2.30. The molecule has 1 unspecified atom stereocenters. The molecule has 132 valence electrons. The van der Waals surface area contributed by atoms with Crippen molar-refractivity contribution in [1.29, 1.82) is 0 Å². The first-order valence-electron chi connectivity index (χ1n) is 8.71. The van der Waals surface area contributed by atoms with Crippen LogP contribution >= 0.6 is 0 Å². The number of rotatable bonds is 7. The molecule has 0 radical (unpaired) electrons. The number of ether oxygens (including phenoxy) is 2. The van der Waals surface area contributed by atoms with E-state index in [1.165, 1.54) is 12.8 Å². The lowest BCUT2D eigenvalue weighted by Crippen LogP contribution is -2.39. The zero-order chi connectivity index (χ0) is 17.8. The fourth-order valence-electron chi connectivity index (χ4n) is 3.15. The van der Waals surface area contributed by atoms with E-state index in [0.29, 0.717) is 29.5 Å². The molecule has 1 saturated carbocycles. The summed E-state index contributed by atoms with van der Waals surface area (Å²) in [5.41, 5.74) is 1.77. The minimum atomic E-state index is 0.0317. The first-order valence-corrected chi connectivity index (χ1v) is 8.71. The number of hydrogen-bond acceptors (Lipinski definition) is 3. The summed E-state index contributed by atoms with van der Waals surface area (Å²) < 4.78 is 10.6. The summed E-state index contributed by atoms with van der Waals surface area (Å²) >= 11 is 0. The summed E-state index contributed by atoms with van der Waals surface area (Å²) in [5, 5.41) is 0. The van der Waals surface area contributed by atoms with Crippen molar-refractivity contribution in [2.45, 2.75) is 32.4 Å². The van der Waals surface area contributed by atoms with Crippen LogP contribution in [0, 0.1) is 5.92 Å². The van der Waals surface area contributed by atoms with Gasteiger partial charge in [-0.25, -0.2) is 0 Å². The molecule has 0 N–H and O–H groups in total. The van der Waals surface area contributed by atoms with Crippen LogP contribution in [0.4, 0.5) is 0 Å². The van der Waals surface area contributed by atoms with Gasteiger partial charge in [0, 0.05) is 18.2 Å². The van der Waals surface area contributed by atoms with Gasteiger partial charge in [0.25, 0.3) is 5.91 Å². The molecule has 2 aromatic carbocycles. The Morgan fingerprint density at radius 1 is 1.08 bits per heavy atom. The van der Waals surface area contributed by atoms with E-state index >= 15 is 0 Å². The van der Waals surface area contributed by atoms with Crippen molar-refractivity contribution in [3.8, 4) is 11.5 Å². The molecule has 0 aromatic heterocycles. The smallest absolute Gasteiger partial charge is 0.254 e. The van der Waals surface area contributed by atoms with Gasteiger partial charge >= 0.3 is 0 Å². The van der Waals surface area contributed by atoms with Crippen LogP contribution in [0.1, 0.15) is 35.7 Å². The quantitative estimate of drug-likeness (QED) is 0.761. The Hall–Kier alpha value is -2.49. The van der Waals surface area contributed by atoms with E-state index in [-0.39, 0.29) is 11.9 Å². The predicted molar refractivity (Wildman–Crippen MR) is 98.0 cm³/mol. The van der Waals surface area contributed by atoms with Gasteiger partial charge in [-0.05, 0) is 49.4 Å². The SMILES string of the molecule is COc1ccc(C(=O)N(Cc2ccccc2)C(C)C2CC2)cc1OC. The van der Waals surface area contributed by atoms with Crippen LogP contribution in [0.2, 0.25) is 0 Å². The van der Waals surface area contributed by atoms with Gasteiger partial charge in [0.05, 0.1) is 14.2 Å². The first-order chi connectivity index (χ1) is 12.1. The molecule has 3 rings (SSSR count). The summed E-state index contributed by atoms with van der Waals surface area (Å²) in [6, 6.07) is 15.7. The van der Waals surface area contributed by atoms with Crippen molar-refractivity contribution in [2.75, 3.05) is 14.2 Å². The Balaban J connectivity index is 1.88. The Labute approximate surface area is 149 Å². The number of amides is 1. The maximum absolute atomic E-state index is 13.2. The second-order valence-corrected chi connectivity index (χ2v) is 6.57. The molecule has 2 aromatic rings. The number of benzene rings is 2. The van der Waals surface area contributed by atoms with E-state index < -0.39 is 0 Å². The third-order valence-electron chi connectivity index (χ3n) is 4.88. The third kappa shape index (κ3) is 3.95. The van der Waals surface area contributed by atoms with Crippen LogP contribution in [0.5, 0.6) is 11.5 Å². The normalized spacial score (nSPS) is 14.7. The molecular formula is C21H25NO3. The zero-order valence-electron chi connectivity index (χ0n) is 15.1.